The lowest BCUT2D eigenvalue weighted by molar-refractivity contribution is -0.112. The van der Waals surface area contributed by atoms with Crippen LogP contribution in [0.4, 0.5) is 20.2 Å². The molecule has 1 amide bonds. The van der Waals surface area contributed by atoms with E-state index in [0.717, 1.165) is 18.4 Å². The van der Waals surface area contributed by atoms with E-state index in [1.807, 2.05) is 4.72 Å². The number of anilines is 2. The number of amides is 1. The third-order valence-corrected chi connectivity index (χ3v) is 3.66. The normalized spacial score (nSPS) is 11.5. The second kappa shape index (κ2) is 7.76. The topological polar surface area (TPSA) is 99.1 Å². The van der Waals surface area contributed by atoms with E-state index in [2.05, 4.69) is 5.32 Å². The average Bonchev–Trinajstić information content (AvgIpc) is 2.56. The van der Waals surface area contributed by atoms with Gasteiger partial charge in [-0.15, -0.1) is 0 Å². The molecule has 0 aliphatic heterocycles. The molecule has 0 fully saturated rings. The van der Waals surface area contributed by atoms with Crippen LogP contribution >= 0.6 is 0 Å². The molecule has 0 aliphatic rings. The van der Waals surface area contributed by atoms with E-state index in [0.29, 0.717) is 5.56 Å². The number of carbonyl (C=O) groups is 1. The molecule has 2 aromatic rings. The molecule has 0 saturated carbocycles. The highest BCUT2D eigenvalue weighted by Gasteiger charge is 2.13. The summed E-state index contributed by atoms with van der Waals surface area (Å²) in [5.41, 5.74) is -0.0793. The van der Waals surface area contributed by atoms with Gasteiger partial charge in [0.1, 0.15) is 23.3 Å². The van der Waals surface area contributed by atoms with E-state index in [4.69, 9.17) is 5.26 Å². The fraction of sp³-hybridized carbons (Fsp3) is 0.0588. The van der Waals surface area contributed by atoms with Gasteiger partial charge < -0.3 is 5.32 Å². The van der Waals surface area contributed by atoms with Crippen molar-refractivity contribution in [3.63, 3.8) is 0 Å². The minimum absolute atomic E-state index is 0.0859. The summed E-state index contributed by atoms with van der Waals surface area (Å²) in [4.78, 5) is 12.2. The van der Waals surface area contributed by atoms with Gasteiger partial charge in [0.15, 0.2) is 0 Å². The maximum atomic E-state index is 13.6. The van der Waals surface area contributed by atoms with Crippen LogP contribution in [0.25, 0.3) is 6.08 Å². The zero-order valence-corrected chi connectivity index (χ0v) is 14.3. The maximum absolute atomic E-state index is 13.6. The lowest BCUT2D eigenvalue weighted by Gasteiger charge is -2.09. The lowest BCUT2D eigenvalue weighted by Crippen LogP contribution is -2.15. The van der Waals surface area contributed by atoms with Gasteiger partial charge in [0.25, 0.3) is 5.91 Å². The quantitative estimate of drug-likeness (QED) is 0.618. The standard InChI is InChI=1S/C17H13F2N3O3S/c1-26(24,25)22-16-9-14(6-7-15(16)19)21-17(23)12(10-20)8-11-2-4-13(18)5-3-11/h2-9,22H,1H3,(H,21,23)/b12-8-. The molecule has 0 saturated heterocycles. The molecule has 0 radical (unpaired) electrons. The van der Waals surface area contributed by atoms with Crippen molar-refractivity contribution >= 4 is 33.4 Å². The van der Waals surface area contributed by atoms with E-state index < -0.39 is 27.6 Å². The zero-order chi connectivity index (χ0) is 19.3. The van der Waals surface area contributed by atoms with Crippen LogP contribution in [-0.4, -0.2) is 20.6 Å². The second-order valence-electron chi connectivity index (χ2n) is 5.24. The summed E-state index contributed by atoms with van der Waals surface area (Å²) in [7, 11) is -3.71. The van der Waals surface area contributed by atoms with Gasteiger partial charge in [-0.25, -0.2) is 17.2 Å². The van der Waals surface area contributed by atoms with Crippen LogP contribution in [0, 0.1) is 23.0 Å². The van der Waals surface area contributed by atoms with Gasteiger partial charge in [-0.3, -0.25) is 9.52 Å². The SMILES string of the molecule is CS(=O)(=O)Nc1cc(NC(=O)/C(C#N)=C\c2ccc(F)cc2)ccc1F. The smallest absolute Gasteiger partial charge is 0.266 e. The number of hydrogen-bond donors (Lipinski definition) is 2. The predicted octanol–water partition coefficient (Wildman–Crippen LogP) is 2.88. The van der Waals surface area contributed by atoms with Crippen LogP contribution in [0.2, 0.25) is 0 Å². The van der Waals surface area contributed by atoms with Gasteiger partial charge in [-0.1, -0.05) is 12.1 Å². The molecule has 6 nitrogen and oxygen atoms in total. The number of rotatable bonds is 5. The van der Waals surface area contributed by atoms with E-state index in [1.165, 1.54) is 36.4 Å². The number of sulfonamides is 1. The van der Waals surface area contributed by atoms with Gasteiger partial charge in [0.2, 0.25) is 10.0 Å². The Kier molecular flexibility index (Phi) is 5.69. The monoisotopic (exact) mass is 377 g/mol. The molecule has 0 aromatic heterocycles. The molecule has 0 bridgehead atoms. The molecule has 0 spiro atoms. The van der Waals surface area contributed by atoms with Crippen molar-refractivity contribution in [1.82, 2.24) is 0 Å². The number of carbonyl (C=O) groups excluding carboxylic acids is 1. The summed E-state index contributed by atoms with van der Waals surface area (Å²) in [6, 6.07) is 10.1. The molecular formula is C17H13F2N3O3S. The average molecular weight is 377 g/mol. The van der Waals surface area contributed by atoms with Gasteiger partial charge in [-0.05, 0) is 42.0 Å². The van der Waals surface area contributed by atoms with Gasteiger partial charge in [0.05, 0.1) is 11.9 Å². The van der Waals surface area contributed by atoms with Gasteiger partial charge in [-0.2, -0.15) is 5.26 Å². The summed E-state index contributed by atoms with van der Waals surface area (Å²) in [5.74, 6) is -2.06. The molecule has 0 atom stereocenters. The Bertz CT molecular complexity index is 1010. The molecule has 2 aromatic carbocycles. The molecule has 134 valence electrons. The van der Waals surface area contributed by atoms with Crippen molar-refractivity contribution in [2.75, 3.05) is 16.3 Å². The van der Waals surface area contributed by atoms with Crippen LogP contribution in [0.15, 0.2) is 48.0 Å². The Hall–Kier alpha value is -3.25. The first-order chi connectivity index (χ1) is 12.2. The highest BCUT2D eigenvalue weighted by Crippen LogP contribution is 2.21. The van der Waals surface area contributed by atoms with E-state index >= 15 is 0 Å². The summed E-state index contributed by atoms with van der Waals surface area (Å²) in [6.07, 6.45) is 2.12. The first-order valence-electron chi connectivity index (χ1n) is 7.14. The highest BCUT2D eigenvalue weighted by molar-refractivity contribution is 7.92. The number of hydrogen-bond acceptors (Lipinski definition) is 4. The fourth-order valence-electron chi connectivity index (χ4n) is 1.95. The van der Waals surface area contributed by atoms with Crippen molar-refractivity contribution in [3.8, 4) is 6.07 Å². The van der Waals surface area contributed by atoms with Crippen molar-refractivity contribution in [1.29, 1.82) is 5.26 Å². The summed E-state index contributed by atoms with van der Waals surface area (Å²) in [5, 5.41) is 11.5. The number of benzene rings is 2. The summed E-state index contributed by atoms with van der Waals surface area (Å²) in [6.45, 7) is 0. The van der Waals surface area contributed by atoms with Crippen LogP contribution in [0.1, 0.15) is 5.56 Å². The molecule has 26 heavy (non-hydrogen) atoms. The Labute approximate surface area is 148 Å². The van der Waals surface area contributed by atoms with Crippen molar-refractivity contribution in [3.05, 3.63) is 65.2 Å². The molecule has 2 rings (SSSR count). The first kappa shape index (κ1) is 19.1. The van der Waals surface area contributed by atoms with Crippen LogP contribution in [0.5, 0.6) is 0 Å². The van der Waals surface area contributed by atoms with Gasteiger partial charge >= 0.3 is 0 Å². The Morgan fingerprint density at radius 1 is 1.15 bits per heavy atom. The predicted molar refractivity (Wildman–Crippen MR) is 93.5 cm³/mol. The van der Waals surface area contributed by atoms with E-state index in [9.17, 15) is 22.0 Å². The Morgan fingerprint density at radius 3 is 2.38 bits per heavy atom. The molecule has 0 unspecified atom stereocenters. The van der Waals surface area contributed by atoms with E-state index in [-0.39, 0.29) is 16.9 Å². The third kappa shape index (κ3) is 5.39. The maximum Gasteiger partial charge on any atom is 0.266 e. The third-order valence-electron chi connectivity index (χ3n) is 3.07. The van der Waals surface area contributed by atoms with Crippen LogP contribution < -0.4 is 10.0 Å². The van der Waals surface area contributed by atoms with Crippen LogP contribution in [-0.2, 0) is 14.8 Å². The molecule has 0 aliphatic carbocycles. The summed E-state index contributed by atoms with van der Waals surface area (Å²) >= 11 is 0. The van der Waals surface area contributed by atoms with Crippen molar-refractivity contribution < 1.29 is 22.0 Å². The minimum Gasteiger partial charge on any atom is -0.321 e. The van der Waals surface area contributed by atoms with Crippen molar-refractivity contribution in [2.24, 2.45) is 0 Å². The van der Waals surface area contributed by atoms with Crippen molar-refractivity contribution in [2.45, 2.75) is 0 Å². The second-order valence-corrected chi connectivity index (χ2v) is 6.99. The molecule has 2 N–H and O–H groups in total. The Balaban J connectivity index is 2.24. The number of halogens is 2. The Morgan fingerprint density at radius 2 is 1.81 bits per heavy atom. The fourth-order valence-corrected chi connectivity index (χ4v) is 2.51. The lowest BCUT2D eigenvalue weighted by atomic mass is 10.1. The molecule has 0 heterocycles. The van der Waals surface area contributed by atoms with E-state index in [1.54, 1.807) is 6.07 Å². The van der Waals surface area contributed by atoms with Gasteiger partial charge in [0, 0.05) is 5.69 Å². The van der Waals surface area contributed by atoms with Crippen LogP contribution in [0.3, 0.4) is 0 Å². The highest BCUT2D eigenvalue weighted by atomic mass is 32.2. The molecule has 9 heteroatoms. The number of nitrogens with one attached hydrogen (secondary N) is 2. The number of nitriles is 1. The minimum atomic E-state index is -3.71. The zero-order valence-electron chi connectivity index (χ0n) is 13.5. The number of nitrogens with zero attached hydrogens (tertiary/aromatic N) is 1. The first-order valence-corrected chi connectivity index (χ1v) is 9.03. The largest absolute Gasteiger partial charge is 0.321 e. The molecular weight excluding hydrogens is 364 g/mol. The summed E-state index contributed by atoms with van der Waals surface area (Å²) < 4.78 is 51.0.